The maximum atomic E-state index is 12.7. The molecule has 1 aliphatic rings. The Labute approximate surface area is 226 Å². The minimum Gasteiger partial charge on any atom is -0.353 e. The van der Waals surface area contributed by atoms with E-state index in [1.807, 2.05) is 23.1 Å². The van der Waals surface area contributed by atoms with Crippen LogP contribution in [0.2, 0.25) is 0 Å². The number of sulfone groups is 1. The Morgan fingerprint density at radius 3 is 2.49 bits per heavy atom. The maximum Gasteiger partial charge on any atom is 0.255 e. The van der Waals surface area contributed by atoms with Gasteiger partial charge < -0.3 is 15.1 Å². The molecule has 0 bridgehead atoms. The molecule has 1 fully saturated rings. The number of hydrogen-bond acceptors (Lipinski definition) is 8. The molecule has 10 nitrogen and oxygen atoms in total. The molecule has 2 amide bonds. The number of piperazine rings is 1. The smallest absolute Gasteiger partial charge is 0.255 e. The molecule has 3 aromatic heterocycles. The second-order valence-electron chi connectivity index (χ2n) is 9.49. The molecular weight excluding hydrogens is 516 g/mol. The third-order valence-electron chi connectivity index (χ3n) is 6.69. The van der Waals surface area contributed by atoms with Crippen LogP contribution in [0.3, 0.4) is 0 Å². The van der Waals surface area contributed by atoms with Crippen molar-refractivity contribution < 1.29 is 18.0 Å². The lowest BCUT2D eigenvalue weighted by atomic mass is 10.1. The zero-order chi connectivity index (χ0) is 27.6. The summed E-state index contributed by atoms with van der Waals surface area (Å²) in [6.07, 6.45) is 6.07. The minimum absolute atomic E-state index is 0.0230. The molecule has 0 atom stereocenters. The third-order valence-corrected chi connectivity index (χ3v) is 7.93. The van der Waals surface area contributed by atoms with E-state index < -0.39 is 9.84 Å². The van der Waals surface area contributed by atoms with E-state index in [0.29, 0.717) is 43.0 Å². The fourth-order valence-electron chi connectivity index (χ4n) is 4.54. The van der Waals surface area contributed by atoms with E-state index in [2.05, 4.69) is 20.2 Å². The number of anilines is 1. The van der Waals surface area contributed by atoms with Crippen molar-refractivity contribution in [3.63, 3.8) is 0 Å². The Morgan fingerprint density at radius 2 is 1.77 bits per heavy atom. The summed E-state index contributed by atoms with van der Waals surface area (Å²) in [5.41, 5.74) is 2.82. The number of carbonyl (C=O) groups is 2. The van der Waals surface area contributed by atoms with Crippen molar-refractivity contribution in [2.45, 2.75) is 18.4 Å². The molecule has 200 valence electrons. The predicted molar refractivity (Wildman–Crippen MR) is 147 cm³/mol. The number of pyridine rings is 3. The summed E-state index contributed by atoms with van der Waals surface area (Å²) in [7, 11) is -3.44. The first kappa shape index (κ1) is 26.2. The van der Waals surface area contributed by atoms with Crippen LogP contribution in [0.1, 0.15) is 32.0 Å². The third kappa shape index (κ3) is 5.88. The average Bonchev–Trinajstić information content (AvgIpc) is 2.95. The van der Waals surface area contributed by atoms with E-state index in [4.69, 9.17) is 4.98 Å². The lowest BCUT2D eigenvalue weighted by molar-refractivity contribution is 0.0746. The Morgan fingerprint density at radius 1 is 0.974 bits per heavy atom. The standard InChI is InChI=1S/C28H28N6O4S/c1-19-5-6-20(14-25(19)39(2,37)38)27(35)31-18-23-15-24-21(17-30-23)7-8-26(32-24)33-10-12-34(13-11-33)28(36)22-4-3-9-29-16-22/h3-9,14-17H,10-13,18H2,1-2H3,(H,31,35). The second-order valence-corrected chi connectivity index (χ2v) is 11.5. The summed E-state index contributed by atoms with van der Waals surface area (Å²) in [6.45, 7) is 4.34. The number of amides is 2. The van der Waals surface area contributed by atoms with Crippen LogP contribution in [0.5, 0.6) is 0 Å². The number of hydrogen-bond donors (Lipinski definition) is 1. The molecule has 39 heavy (non-hydrogen) atoms. The van der Waals surface area contributed by atoms with Gasteiger partial charge in [0.25, 0.3) is 11.8 Å². The van der Waals surface area contributed by atoms with Crippen LogP contribution < -0.4 is 10.2 Å². The van der Waals surface area contributed by atoms with E-state index in [9.17, 15) is 18.0 Å². The molecule has 1 aromatic carbocycles. The molecule has 5 rings (SSSR count). The molecule has 1 aliphatic heterocycles. The highest BCUT2D eigenvalue weighted by Crippen LogP contribution is 2.21. The Bertz CT molecular complexity index is 1650. The molecule has 0 spiro atoms. The second kappa shape index (κ2) is 10.8. The molecule has 4 heterocycles. The van der Waals surface area contributed by atoms with Gasteiger partial charge in [-0.3, -0.25) is 19.6 Å². The van der Waals surface area contributed by atoms with Gasteiger partial charge in [0, 0.05) is 62.0 Å². The van der Waals surface area contributed by atoms with Gasteiger partial charge in [-0.05, 0) is 55.0 Å². The molecule has 0 aliphatic carbocycles. The fraction of sp³-hybridized carbons (Fsp3) is 0.250. The molecule has 1 saturated heterocycles. The summed E-state index contributed by atoms with van der Waals surface area (Å²) in [5, 5.41) is 3.68. The van der Waals surface area contributed by atoms with Crippen molar-refractivity contribution >= 4 is 38.4 Å². The van der Waals surface area contributed by atoms with Gasteiger partial charge in [0.15, 0.2) is 9.84 Å². The number of fused-ring (bicyclic) bond motifs is 1. The van der Waals surface area contributed by atoms with Gasteiger partial charge in [0.1, 0.15) is 5.82 Å². The zero-order valence-electron chi connectivity index (χ0n) is 21.7. The monoisotopic (exact) mass is 544 g/mol. The van der Waals surface area contributed by atoms with Crippen LogP contribution in [-0.2, 0) is 16.4 Å². The molecule has 4 aromatic rings. The topological polar surface area (TPSA) is 125 Å². The minimum atomic E-state index is -3.44. The van der Waals surface area contributed by atoms with Gasteiger partial charge in [-0.25, -0.2) is 13.4 Å². The fourth-order valence-corrected chi connectivity index (χ4v) is 5.54. The average molecular weight is 545 g/mol. The SMILES string of the molecule is Cc1ccc(C(=O)NCc2cc3nc(N4CCN(C(=O)c5cccnc5)CC4)ccc3cn2)cc1S(C)(=O)=O. The summed E-state index contributed by atoms with van der Waals surface area (Å²) < 4.78 is 24.0. The maximum absolute atomic E-state index is 12.7. The van der Waals surface area contributed by atoms with Gasteiger partial charge in [-0.15, -0.1) is 0 Å². The van der Waals surface area contributed by atoms with Crippen molar-refractivity contribution in [1.82, 2.24) is 25.2 Å². The van der Waals surface area contributed by atoms with Crippen LogP contribution in [0, 0.1) is 6.92 Å². The van der Waals surface area contributed by atoms with Crippen molar-refractivity contribution in [2.24, 2.45) is 0 Å². The molecule has 0 saturated carbocycles. The van der Waals surface area contributed by atoms with Crippen LogP contribution in [0.15, 0.2) is 72.0 Å². The van der Waals surface area contributed by atoms with Gasteiger partial charge >= 0.3 is 0 Å². The first-order valence-corrected chi connectivity index (χ1v) is 14.4. The van der Waals surface area contributed by atoms with E-state index >= 15 is 0 Å². The molecule has 0 radical (unpaired) electrons. The van der Waals surface area contributed by atoms with Crippen molar-refractivity contribution in [3.8, 4) is 0 Å². The van der Waals surface area contributed by atoms with Gasteiger partial charge in [-0.1, -0.05) is 6.07 Å². The summed E-state index contributed by atoms with van der Waals surface area (Å²) >= 11 is 0. The number of carbonyl (C=O) groups excluding carboxylic acids is 2. The number of benzene rings is 1. The van der Waals surface area contributed by atoms with E-state index in [1.165, 1.54) is 6.07 Å². The zero-order valence-corrected chi connectivity index (χ0v) is 22.5. The number of nitrogens with zero attached hydrogens (tertiary/aromatic N) is 5. The van der Waals surface area contributed by atoms with Gasteiger partial charge in [0.05, 0.1) is 28.2 Å². The predicted octanol–water partition coefficient (Wildman–Crippen LogP) is 2.63. The first-order chi connectivity index (χ1) is 18.7. The highest BCUT2D eigenvalue weighted by molar-refractivity contribution is 7.90. The Balaban J connectivity index is 1.24. The highest BCUT2D eigenvalue weighted by atomic mass is 32.2. The largest absolute Gasteiger partial charge is 0.353 e. The number of rotatable bonds is 6. The van der Waals surface area contributed by atoms with Crippen LogP contribution in [-0.4, -0.2) is 72.5 Å². The molecule has 11 heteroatoms. The summed E-state index contributed by atoms with van der Waals surface area (Å²) in [4.78, 5) is 42.8. The van der Waals surface area contributed by atoms with Crippen LogP contribution in [0.25, 0.3) is 10.9 Å². The number of aryl methyl sites for hydroxylation is 1. The quantitative estimate of drug-likeness (QED) is 0.393. The Hall–Kier alpha value is -4.38. The van der Waals surface area contributed by atoms with Gasteiger partial charge in [0.2, 0.25) is 0 Å². The van der Waals surface area contributed by atoms with E-state index in [1.54, 1.807) is 49.8 Å². The van der Waals surface area contributed by atoms with Crippen molar-refractivity contribution in [2.75, 3.05) is 37.3 Å². The lowest BCUT2D eigenvalue weighted by Crippen LogP contribution is -2.49. The van der Waals surface area contributed by atoms with Gasteiger partial charge in [-0.2, -0.15) is 0 Å². The number of aromatic nitrogens is 3. The summed E-state index contributed by atoms with van der Waals surface area (Å²) in [6, 6.07) is 13.9. The highest BCUT2D eigenvalue weighted by Gasteiger charge is 2.23. The van der Waals surface area contributed by atoms with E-state index in [-0.39, 0.29) is 28.8 Å². The Kier molecular flexibility index (Phi) is 7.25. The van der Waals surface area contributed by atoms with Crippen LogP contribution in [0.4, 0.5) is 5.82 Å². The number of nitrogens with one attached hydrogen (secondary N) is 1. The lowest BCUT2D eigenvalue weighted by Gasteiger charge is -2.35. The first-order valence-electron chi connectivity index (χ1n) is 12.5. The van der Waals surface area contributed by atoms with E-state index in [0.717, 1.165) is 23.0 Å². The molecule has 1 N–H and O–H groups in total. The van der Waals surface area contributed by atoms with Crippen molar-refractivity contribution in [1.29, 1.82) is 0 Å². The van der Waals surface area contributed by atoms with Crippen LogP contribution >= 0.6 is 0 Å². The van der Waals surface area contributed by atoms with Crippen molar-refractivity contribution in [3.05, 3.63) is 89.5 Å². The molecule has 0 unspecified atom stereocenters. The normalized spacial score (nSPS) is 13.9. The molecular formula is C28H28N6O4S. The summed E-state index contributed by atoms with van der Waals surface area (Å²) in [5.74, 6) is 0.400.